The van der Waals surface area contributed by atoms with Gasteiger partial charge < -0.3 is 20.3 Å². The maximum atomic E-state index is 10.6. The van der Waals surface area contributed by atoms with Gasteiger partial charge in [-0.05, 0) is 31.4 Å². The summed E-state index contributed by atoms with van der Waals surface area (Å²) in [6.07, 6.45) is 3.17. The van der Waals surface area contributed by atoms with Crippen molar-refractivity contribution in [3.8, 4) is 17.2 Å². The number of aromatic hydroxyl groups is 2. The van der Waals surface area contributed by atoms with Gasteiger partial charge in [0, 0.05) is 40.5 Å². The minimum Gasteiger partial charge on any atom is -0.504 e. The van der Waals surface area contributed by atoms with Crippen molar-refractivity contribution in [2.24, 2.45) is 4.99 Å². The monoisotopic (exact) mass is 496 g/mol. The molecule has 2 unspecified atom stereocenters. The number of phenols is 2. The third kappa shape index (κ3) is 4.29. The summed E-state index contributed by atoms with van der Waals surface area (Å²) in [7, 11) is 0. The topological polar surface area (TPSA) is 74.1 Å². The molecule has 1 aromatic carbocycles. The van der Waals surface area contributed by atoms with Crippen LogP contribution in [0.25, 0.3) is 0 Å². The average molecular weight is 497 g/mol. The Morgan fingerprint density at radius 1 is 1.38 bits per heavy atom. The van der Waals surface area contributed by atoms with E-state index in [0.29, 0.717) is 18.6 Å². The molecule has 0 aliphatic carbocycles. The highest BCUT2D eigenvalue weighted by molar-refractivity contribution is 8.93. The number of amidine groups is 1. The maximum absolute atomic E-state index is 10.6. The van der Waals surface area contributed by atoms with Gasteiger partial charge in [-0.2, -0.15) is 0 Å². The largest absolute Gasteiger partial charge is 0.504 e. The van der Waals surface area contributed by atoms with Crippen LogP contribution in [-0.4, -0.2) is 32.4 Å². The standard InChI is InChI=1S/C21H24N2O3S2.BrH/c1-4-9-28-19-22-20(2,3)12-21(23-19)11-14(16-6-5-10-27-16)13-7-8-15(24)17(25)18(13)26-21;/h4-8,10,14,24-25H,1,9,11-12H2,2-3H3,(H,22,23);1H. The van der Waals surface area contributed by atoms with Crippen molar-refractivity contribution in [2.75, 3.05) is 5.75 Å². The minimum absolute atomic E-state index is 0. The van der Waals surface area contributed by atoms with Crippen LogP contribution in [0.3, 0.4) is 0 Å². The number of phenolic OH excluding ortho intramolecular Hbond substituents is 2. The summed E-state index contributed by atoms with van der Waals surface area (Å²) >= 11 is 3.27. The molecule has 4 rings (SSSR count). The molecule has 0 amide bonds. The Morgan fingerprint density at radius 2 is 2.17 bits per heavy atom. The number of halogens is 1. The van der Waals surface area contributed by atoms with Crippen LogP contribution >= 0.6 is 40.1 Å². The van der Waals surface area contributed by atoms with Gasteiger partial charge >= 0.3 is 0 Å². The average Bonchev–Trinajstić information content (AvgIpc) is 3.16. The number of aliphatic imine (C=N–C) groups is 1. The van der Waals surface area contributed by atoms with Crippen LogP contribution < -0.4 is 10.1 Å². The number of hydrogen-bond acceptors (Lipinski definition) is 7. The fourth-order valence-corrected chi connectivity index (χ4v) is 5.72. The van der Waals surface area contributed by atoms with Crippen molar-refractivity contribution in [3.05, 3.63) is 52.7 Å². The van der Waals surface area contributed by atoms with Crippen LogP contribution in [0.4, 0.5) is 0 Å². The van der Waals surface area contributed by atoms with Crippen LogP contribution in [0.2, 0.25) is 0 Å². The predicted octanol–water partition coefficient (Wildman–Crippen LogP) is 5.40. The molecule has 0 radical (unpaired) electrons. The molecule has 2 aliphatic rings. The molecule has 0 saturated heterocycles. The number of thioether (sulfide) groups is 1. The van der Waals surface area contributed by atoms with Crippen LogP contribution in [0.15, 0.2) is 47.3 Å². The molecule has 8 heteroatoms. The quantitative estimate of drug-likeness (QED) is 0.392. The Kier molecular flexibility index (Phi) is 6.27. The lowest BCUT2D eigenvalue weighted by Crippen LogP contribution is -2.57. The number of ether oxygens (including phenoxy) is 1. The van der Waals surface area contributed by atoms with Crippen molar-refractivity contribution >= 4 is 45.2 Å². The highest BCUT2D eigenvalue weighted by Crippen LogP contribution is 2.54. The Labute approximate surface area is 189 Å². The third-order valence-corrected chi connectivity index (χ3v) is 6.88. The molecule has 1 aromatic heterocycles. The molecule has 3 N–H and O–H groups in total. The second-order valence-corrected chi connectivity index (χ2v) is 9.86. The number of rotatable bonds is 3. The van der Waals surface area contributed by atoms with Gasteiger partial charge in [0.2, 0.25) is 11.5 Å². The first-order chi connectivity index (χ1) is 13.3. The van der Waals surface area contributed by atoms with E-state index in [4.69, 9.17) is 9.73 Å². The predicted molar refractivity (Wildman–Crippen MR) is 126 cm³/mol. The van der Waals surface area contributed by atoms with Gasteiger partial charge in [-0.1, -0.05) is 30.0 Å². The van der Waals surface area contributed by atoms with E-state index in [1.54, 1.807) is 23.1 Å². The molecule has 2 aliphatic heterocycles. The molecule has 2 aromatic rings. The van der Waals surface area contributed by atoms with Crippen molar-refractivity contribution in [2.45, 2.75) is 43.9 Å². The summed E-state index contributed by atoms with van der Waals surface area (Å²) in [5.41, 5.74) is -0.157. The summed E-state index contributed by atoms with van der Waals surface area (Å²) < 4.78 is 6.37. The van der Waals surface area contributed by atoms with Gasteiger partial charge in [0.05, 0.1) is 0 Å². The van der Waals surface area contributed by atoms with E-state index in [9.17, 15) is 10.2 Å². The zero-order valence-electron chi connectivity index (χ0n) is 16.3. The van der Waals surface area contributed by atoms with Crippen molar-refractivity contribution < 1.29 is 14.9 Å². The molecule has 5 nitrogen and oxygen atoms in total. The first-order valence-corrected chi connectivity index (χ1v) is 11.1. The smallest absolute Gasteiger partial charge is 0.206 e. The molecule has 0 fully saturated rings. The Bertz CT molecular complexity index is 930. The van der Waals surface area contributed by atoms with E-state index < -0.39 is 5.72 Å². The minimum atomic E-state index is -0.814. The van der Waals surface area contributed by atoms with Crippen LogP contribution in [0, 0.1) is 0 Å². The van der Waals surface area contributed by atoms with Crippen LogP contribution in [0.5, 0.6) is 17.2 Å². The van der Waals surface area contributed by atoms with E-state index in [-0.39, 0.29) is 39.9 Å². The summed E-state index contributed by atoms with van der Waals surface area (Å²) in [6, 6.07) is 7.50. The van der Waals surface area contributed by atoms with Gasteiger partial charge in [0.25, 0.3) is 0 Å². The summed E-state index contributed by atoms with van der Waals surface area (Å²) in [5.74, 6) is 0.719. The second-order valence-electron chi connectivity index (χ2n) is 7.87. The Morgan fingerprint density at radius 3 is 2.86 bits per heavy atom. The highest BCUT2D eigenvalue weighted by Gasteiger charge is 2.49. The maximum Gasteiger partial charge on any atom is 0.206 e. The molecular formula is C21H25BrN2O3S2. The molecule has 29 heavy (non-hydrogen) atoms. The van der Waals surface area contributed by atoms with Crippen LogP contribution in [0.1, 0.15) is 43.0 Å². The van der Waals surface area contributed by atoms with Gasteiger partial charge in [-0.3, -0.25) is 0 Å². The lowest BCUT2D eigenvalue weighted by Gasteiger charge is -2.47. The fraction of sp³-hybridized carbons (Fsp3) is 0.381. The van der Waals surface area contributed by atoms with Gasteiger partial charge in [0.15, 0.2) is 16.7 Å². The zero-order valence-corrected chi connectivity index (χ0v) is 19.7. The summed E-state index contributed by atoms with van der Waals surface area (Å²) in [6.45, 7) is 8.04. The lowest BCUT2D eigenvalue weighted by atomic mass is 9.80. The third-order valence-electron chi connectivity index (χ3n) is 5.02. The van der Waals surface area contributed by atoms with E-state index >= 15 is 0 Å². The highest BCUT2D eigenvalue weighted by atomic mass is 79.9. The molecule has 3 heterocycles. The Balaban J connectivity index is 0.00000240. The molecule has 0 bridgehead atoms. The molecule has 0 saturated carbocycles. The summed E-state index contributed by atoms with van der Waals surface area (Å²) in [5, 5.41) is 27.0. The Hall–Kier alpha value is -1.64. The second kappa shape index (κ2) is 8.24. The van der Waals surface area contributed by atoms with Crippen molar-refractivity contribution in [1.82, 2.24) is 5.32 Å². The number of nitrogens with one attached hydrogen (secondary N) is 1. The first-order valence-electron chi connectivity index (χ1n) is 9.21. The fourth-order valence-electron chi connectivity index (χ4n) is 4.02. The molecule has 2 atom stereocenters. The molecular weight excluding hydrogens is 472 g/mol. The zero-order chi connectivity index (χ0) is 19.9. The normalized spacial score (nSPS) is 24.5. The van der Waals surface area contributed by atoms with Crippen molar-refractivity contribution in [1.29, 1.82) is 0 Å². The first kappa shape index (κ1) is 22.1. The van der Waals surface area contributed by atoms with Crippen LogP contribution in [-0.2, 0) is 0 Å². The SMILES string of the molecule is Br.C=CCSC1=NC2(CC(c3cccs3)c3ccc(O)c(O)c3O2)CC(C)(C)N1. The lowest BCUT2D eigenvalue weighted by molar-refractivity contribution is 0.0111. The summed E-state index contributed by atoms with van der Waals surface area (Å²) in [4.78, 5) is 6.14. The number of fused-ring (bicyclic) bond motifs is 1. The number of thiophene rings is 1. The number of benzene rings is 1. The van der Waals surface area contributed by atoms with Gasteiger partial charge in [-0.25, -0.2) is 4.99 Å². The van der Waals surface area contributed by atoms with E-state index in [1.807, 2.05) is 18.2 Å². The van der Waals surface area contributed by atoms with E-state index in [2.05, 4.69) is 37.2 Å². The number of nitrogens with zero attached hydrogens (tertiary/aromatic N) is 1. The van der Waals surface area contributed by atoms with E-state index in [1.165, 1.54) is 10.9 Å². The molecule has 156 valence electrons. The number of hydrogen-bond donors (Lipinski definition) is 3. The van der Waals surface area contributed by atoms with Crippen molar-refractivity contribution in [3.63, 3.8) is 0 Å². The van der Waals surface area contributed by atoms with E-state index in [0.717, 1.165) is 16.5 Å². The van der Waals surface area contributed by atoms with Gasteiger partial charge in [0.1, 0.15) is 0 Å². The van der Waals surface area contributed by atoms with Gasteiger partial charge in [-0.15, -0.1) is 34.9 Å². The molecule has 1 spiro atoms.